The molecule has 1 atom stereocenters. The van der Waals surface area contributed by atoms with Gasteiger partial charge in [-0.2, -0.15) is 0 Å². The third-order valence-electron chi connectivity index (χ3n) is 8.35. The minimum atomic E-state index is -0.222. The molecular formula is C39H25N3OS. The molecule has 5 heteroatoms. The van der Waals surface area contributed by atoms with E-state index in [0.717, 1.165) is 61.4 Å². The van der Waals surface area contributed by atoms with Gasteiger partial charge in [0.15, 0.2) is 5.84 Å². The van der Waals surface area contributed by atoms with Crippen molar-refractivity contribution >= 4 is 65.1 Å². The molecule has 0 saturated heterocycles. The highest BCUT2D eigenvalue weighted by Gasteiger charge is 2.21. The molecule has 2 aromatic heterocycles. The molecule has 0 radical (unpaired) electrons. The molecule has 0 spiro atoms. The maximum atomic E-state index is 6.36. The first kappa shape index (κ1) is 25.0. The largest absolute Gasteiger partial charge is 0.455 e. The lowest BCUT2D eigenvalue weighted by Crippen LogP contribution is -2.33. The summed E-state index contributed by atoms with van der Waals surface area (Å²) in [5, 5.41) is 8.37. The van der Waals surface area contributed by atoms with Crippen LogP contribution in [0.4, 0.5) is 0 Å². The number of benzene rings is 6. The molecule has 1 N–H and O–H groups in total. The molecule has 0 amide bonds. The Hall–Kier alpha value is -5.52. The Morgan fingerprint density at radius 1 is 0.568 bits per heavy atom. The van der Waals surface area contributed by atoms with E-state index < -0.39 is 0 Å². The maximum Gasteiger partial charge on any atom is 0.159 e. The zero-order valence-electron chi connectivity index (χ0n) is 23.6. The van der Waals surface area contributed by atoms with E-state index in [-0.39, 0.29) is 6.17 Å². The van der Waals surface area contributed by atoms with Gasteiger partial charge in [0.05, 0.1) is 0 Å². The Morgan fingerprint density at radius 3 is 2.23 bits per heavy atom. The molecule has 1 aliphatic rings. The van der Waals surface area contributed by atoms with Crippen LogP contribution in [0.1, 0.15) is 22.9 Å². The molecule has 0 aliphatic carbocycles. The normalized spacial score (nSPS) is 15.0. The maximum absolute atomic E-state index is 6.36. The second kappa shape index (κ2) is 10.0. The highest BCUT2D eigenvalue weighted by molar-refractivity contribution is 7.25. The van der Waals surface area contributed by atoms with E-state index in [1.807, 2.05) is 59.9 Å². The standard InChI is InChI=1S/C39H25N3OS/c1-3-10-24(11-4-1)37-40-38(25-12-5-2-6-13-25)42-39(41-37)27-18-20-30-32-22-26(19-21-34(32)44-35(30)23-27)28-15-9-16-31-29-14-7-8-17-33(29)43-36(28)31/h1-23,37H,(H,40,41,42). The van der Waals surface area contributed by atoms with Crippen LogP contribution in [0.5, 0.6) is 0 Å². The third kappa shape index (κ3) is 4.13. The number of fused-ring (bicyclic) bond motifs is 6. The molecule has 8 aromatic rings. The highest BCUT2D eigenvalue weighted by atomic mass is 32.1. The summed E-state index contributed by atoms with van der Waals surface area (Å²) in [5.41, 5.74) is 7.25. The van der Waals surface area contributed by atoms with E-state index in [4.69, 9.17) is 14.4 Å². The van der Waals surface area contributed by atoms with E-state index >= 15 is 0 Å². The average molecular weight is 584 g/mol. The van der Waals surface area contributed by atoms with Crippen molar-refractivity contribution in [3.05, 3.63) is 156 Å². The van der Waals surface area contributed by atoms with E-state index in [1.165, 1.54) is 20.2 Å². The van der Waals surface area contributed by atoms with Crippen LogP contribution in [0.3, 0.4) is 0 Å². The molecule has 6 aromatic carbocycles. The van der Waals surface area contributed by atoms with Crippen LogP contribution >= 0.6 is 11.3 Å². The Morgan fingerprint density at radius 2 is 1.34 bits per heavy atom. The number of aliphatic imine (C=N–C) groups is 2. The van der Waals surface area contributed by atoms with Crippen LogP contribution in [0.2, 0.25) is 0 Å². The van der Waals surface area contributed by atoms with E-state index in [2.05, 4.69) is 96.3 Å². The van der Waals surface area contributed by atoms with Gasteiger partial charge in [0.1, 0.15) is 23.2 Å². The van der Waals surface area contributed by atoms with Crippen LogP contribution in [-0.2, 0) is 0 Å². The van der Waals surface area contributed by atoms with Gasteiger partial charge < -0.3 is 9.73 Å². The van der Waals surface area contributed by atoms with Crippen molar-refractivity contribution in [2.75, 3.05) is 0 Å². The Balaban J connectivity index is 1.14. The van der Waals surface area contributed by atoms with Crippen molar-refractivity contribution < 1.29 is 4.42 Å². The molecule has 0 bridgehead atoms. The van der Waals surface area contributed by atoms with Crippen molar-refractivity contribution in [1.29, 1.82) is 0 Å². The quantitative estimate of drug-likeness (QED) is 0.224. The molecular weight excluding hydrogens is 559 g/mol. The van der Waals surface area contributed by atoms with Gasteiger partial charge in [0, 0.05) is 47.6 Å². The molecule has 1 unspecified atom stereocenters. The SMILES string of the molecule is c1ccc(C2=NC(c3ccccc3)NC(c3ccc4c(c3)sc3ccc(-c5cccc6c5oc5ccccc56)cc34)=N2)cc1. The second-order valence-corrected chi connectivity index (χ2v) is 12.1. The lowest BCUT2D eigenvalue weighted by atomic mass is 10.00. The van der Waals surface area contributed by atoms with Crippen LogP contribution in [0, 0.1) is 0 Å². The fourth-order valence-electron chi connectivity index (χ4n) is 6.19. The second-order valence-electron chi connectivity index (χ2n) is 11.0. The van der Waals surface area contributed by atoms with E-state index in [9.17, 15) is 0 Å². The predicted octanol–water partition coefficient (Wildman–Crippen LogP) is 10.1. The summed E-state index contributed by atoms with van der Waals surface area (Å²) in [6, 6.07) is 48.6. The fraction of sp³-hybridized carbons (Fsp3) is 0.0256. The Bertz CT molecular complexity index is 2420. The lowest BCUT2D eigenvalue weighted by Gasteiger charge is -2.23. The zero-order chi connectivity index (χ0) is 29.0. The number of nitrogens with one attached hydrogen (secondary N) is 1. The predicted molar refractivity (Wildman–Crippen MR) is 184 cm³/mol. The number of rotatable bonds is 4. The molecule has 3 heterocycles. The van der Waals surface area contributed by atoms with Crippen molar-refractivity contribution in [2.45, 2.75) is 6.17 Å². The first-order valence-corrected chi connectivity index (χ1v) is 15.5. The third-order valence-corrected chi connectivity index (χ3v) is 9.48. The van der Waals surface area contributed by atoms with Gasteiger partial charge in [0.25, 0.3) is 0 Å². The molecule has 0 fully saturated rings. The Labute approximate surface area is 257 Å². The smallest absolute Gasteiger partial charge is 0.159 e. The van der Waals surface area contributed by atoms with Crippen molar-refractivity contribution in [3.8, 4) is 11.1 Å². The van der Waals surface area contributed by atoms with Gasteiger partial charge in [-0.05, 0) is 35.4 Å². The monoisotopic (exact) mass is 583 g/mol. The van der Waals surface area contributed by atoms with Gasteiger partial charge >= 0.3 is 0 Å². The molecule has 9 rings (SSSR count). The summed E-state index contributed by atoms with van der Waals surface area (Å²) in [4.78, 5) is 9.99. The first-order chi connectivity index (χ1) is 21.8. The average Bonchev–Trinajstić information content (AvgIpc) is 3.66. The summed E-state index contributed by atoms with van der Waals surface area (Å²) in [6.07, 6.45) is -0.222. The zero-order valence-corrected chi connectivity index (χ0v) is 24.4. The summed E-state index contributed by atoms with van der Waals surface area (Å²) < 4.78 is 8.83. The Kier molecular flexibility index (Phi) is 5.71. The van der Waals surface area contributed by atoms with Gasteiger partial charge in [-0.1, -0.05) is 115 Å². The number of nitrogens with zero attached hydrogens (tertiary/aromatic N) is 2. The van der Waals surface area contributed by atoms with Gasteiger partial charge in [-0.3, -0.25) is 0 Å². The highest BCUT2D eigenvalue weighted by Crippen LogP contribution is 2.40. The van der Waals surface area contributed by atoms with Crippen LogP contribution in [0.25, 0.3) is 53.2 Å². The van der Waals surface area contributed by atoms with Crippen LogP contribution in [-0.4, -0.2) is 11.7 Å². The molecule has 1 aliphatic heterocycles. The molecule has 208 valence electrons. The van der Waals surface area contributed by atoms with Gasteiger partial charge in [-0.15, -0.1) is 11.3 Å². The minimum Gasteiger partial charge on any atom is -0.455 e. The number of furan rings is 1. The minimum absolute atomic E-state index is 0.222. The van der Waals surface area contributed by atoms with E-state index in [0.29, 0.717) is 0 Å². The van der Waals surface area contributed by atoms with Crippen LogP contribution in [0.15, 0.2) is 154 Å². The van der Waals surface area contributed by atoms with Crippen molar-refractivity contribution in [3.63, 3.8) is 0 Å². The molecule has 4 nitrogen and oxygen atoms in total. The van der Waals surface area contributed by atoms with Gasteiger partial charge in [0.2, 0.25) is 0 Å². The van der Waals surface area contributed by atoms with Crippen molar-refractivity contribution in [2.24, 2.45) is 9.98 Å². The number of para-hydroxylation sites is 2. The topological polar surface area (TPSA) is 49.9 Å². The number of amidine groups is 2. The first-order valence-electron chi connectivity index (χ1n) is 14.7. The summed E-state index contributed by atoms with van der Waals surface area (Å²) in [6.45, 7) is 0. The molecule has 0 saturated carbocycles. The number of hydrogen-bond acceptors (Lipinski definition) is 5. The summed E-state index contributed by atoms with van der Waals surface area (Å²) >= 11 is 1.81. The number of hydrogen-bond donors (Lipinski definition) is 1. The van der Waals surface area contributed by atoms with Crippen LogP contribution < -0.4 is 5.32 Å². The lowest BCUT2D eigenvalue weighted by molar-refractivity contribution is 0.670. The summed E-state index contributed by atoms with van der Waals surface area (Å²) in [7, 11) is 0. The van der Waals surface area contributed by atoms with E-state index in [1.54, 1.807) is 0 Å². The number of thiophene rings is 1. The summed E-state index contributed by atoms with van der Waals surface area (Å²) in [5.74, 6) is 1.55. The fourth-order valence-corrected chi connectivity index (χ4v) is 7.31. The molecule has 44 heavy (non-hydrogen) atoms. The van der Waals surface area contributed by atoms with Crippen molar-refractivity contribution in [1.82, 2.24) is 5.32 Å². The van der Waals surface area contributed by atoms with Gasteiger partial charge in [-0.25, -0.2) is 9.98 Å².